The molecule has 74 valence electrons. The summed E-state index contributed by atoms with van der Waals surface area (Å²) in [6.07, 6.45) is 1.16. The van der Waals surface area contributed by atoms with Gasteiger partial charge in [-0.2, -0.15) is 0 Å². The van der Waals surface area contributed by atoms with Crippen molar-refractivity contribution in [3.63, 3.8) is 0 Å². The van der Waals surface area contributed by atoms with Crippen LogP contribution in [0.4, 0.5) is 0 Å². The molecule has 0 unspecified atom stereocenters. The van der Waals surface area contributed by atoms with Crippen LogP contribution in [0.3, 0.4) is 0 Å². The molecular formula is C8H13NO4. The number of hydrogen-bond donors (Lipinski definition) is 0. The van der Waals surface area contributed by atoms with Crippen LogP contribution in [0.2, 0.25) is 0 Å². The lowest BCUT2D eigenvalue weighted by molar-refractivity contribution is -0.425. The average Bonchev–Trinajstić information content (AvgIpc) is 2.30. The zero-order valence-corrected chi connectivity index (χ0v) is 7.94. The lowest BCUT2D eigenvalue weighted by Crippen LogP contribution is -2.21. The van der Waals surface area contributed by atoms with Crippen molar-refractivity contribution in [2.24, 2.45) is 0 Å². The summed E-state index contributed by atoms with van der Waals surface area (Å²) in [7, 11) is 0. The summed E-state index contributed by atoms with van der Waals surface area (Å²) >= 11 is 0. The number of rotatable bonds is 2. The zero-order valence-electron chi connectivity index (χ0n) is 7.94. The summed E-state index contributed by atoms with van der Waals surface area (Å²) in [6.45, 7) is 5.37. The molecule has 0 aromatic rings. The number of hydrogen-bond acceptors (Lipinski definition) is 4. The summed E-state index contributed by atoms with van der Waals surface area (Å²) in [5, 5.41) is 10.3. The van der Waals surface area contributed by atoms with E-state index < -0.39 is 10.7 Å². The second kappa shape index (κ2) is 3.43. The number of ether oxygens (including phenoxy) is 2. The third-order valence-corrected chi connectivity index (χ3v) is 1.75. The molecule has 1 aliphatic heterocycles. The van der Waals surface area contributed by atoms with Crippen LogP contribution >= 0.6 is 0 Å². The van der Waals surface area contributed by atoms with Crippen LogP contribution in [-0.4, -0.2) is 23.4 Å². The minimum Gasteiger partial charge on any atom is -0.347 e. The summed E-state index contributed by atoms with van der Waals surface area (Å²) in [6, 6.07) is 0. The van der Waals surface area contributed by atoms with Crippen molar-refractivity contribution >= 4 is 0 Å². The Kier molecular flexibility index (Phi) is 2.68. The molecule has 0 aromatic heterocycles. The first kappa shape index (κ1) is 10.1. The monoisotopic (exact) mass is 187 g/mol. The highest BCUT2D eigenvalue weighted by molar-refractivity contribution is 4.96. The van der Waals surface area contributed by atoms with Crippen LogP contribution in [0.25, 0.3) is 0 Å². The number of nitrogens with zero attached hydrogens (tertiary/aromatic N) is 1. The van der Waals surface area contributed by atoms with E-state index in [1.165, 1.54) is 13.0 Å². The van der Waals surface area contributed by atoms with Gasteiger partial charge in [0, 0.05) is 13.0 Å². The van der Waals surface area contributed by atoms with E-state index in [-0.39, 0.29) is 11.8 Å². The van der Waals surface area contributed by atoms with Crippen LogP contribution in [0, 0.1) is 10.1 Å². The maximum Gasteiger partial charge on any atom is 0.241 e. The predicted octanol–water partition coefficient (Wildman–Crippen LogP) is 1.32. The minimum absolute atomic E-state index is 0.0892. The third-order valence-electron chi connectivity index (χ3n) is 1.75. The number of nitro groups is 1. The summed E-state index contributed by atoms with van der Waals surface area (Å²) in [5.74, 6) is -0.627. The van der Waals surface area contributed by atoms with Gasteiger partial charge in [0.1, 0.15) is 6.10 Å². The standard InChI is InChI=1S/C8H13NO4/c1-6(9(10)11)4-7-5-12-8(2,3)13-7/h4,7H,5H2,1-3H3/b6-4+/t7-/m0/s1. The van der Waals surface area contributed by atoms with Crippen LogP contribution in [0.5, 0.6) is 0 Å². The fraction of sp³-hybridized carbons (Fsp3) is 0.750. The molecule has 1 aliphatic rings. The molecule has 1 heterocycles. The Hall–Kier alpha value is -0.940. The first-order valence-electron chi connectivity index (χ1n) is 4.05. The second-order valence-electron chi connectivity index (χ2n) is 3.43. The molecule has 1 saturated heterocycles. The molecule has 13 heavy (non-hydrogen) atoms. The molecule has 0 N–H and O–H groups in total. The van der Waals surface area contributed by atoms with Gasteiger partial charge in [0.05, 0.1) is 11.5 Å². The molecule has 1 fully saturated rings. The molecule has 0 amide bonds. The Morgan fingerprint density at radius 2 is 2.31 bits per heavy atom. The van der Waals surface area contributed by atoms with Crippen molar-refractivity contribution in [1.29, 1.82) is 0 Å². The van der Waals surface area contributed by atoms with Gasteiger partial charge in [0.15, 0.2) is 5.79 Å². The minimum atomic E-state index is -0.627. The largest absolute Gasteiger partial charge is 0.347 e. The third kappa shape index (κ3) is 2.78. The van der Waals surface area contributed by atoms with Crippen molar-refractivity contribution in [2.75, 3.05) is 6.61 Å². The quantitative estimate of drug-likeness (QED) is 0.483. The summed E-state index contributed by atoms with van der Waals surface area (Å²) in [5.41, 5.74) is 0.0892. The van der Waals surface area contributed by atoms with E-state index in [4.69, 9.17) is 9.47 Å². The molecule has 1 rings (SSSR count). The van der Waals surface area contributed by atoms with Gasteiger partial charge in [-0.3, -0.25) is 10.1 Å². The van der Waals surface area contributed by atoms with Gasteiger partial charge >= 0.3 is 0 Å². The van der Waals surface area contributed by atoms with Gasteiger partial charge in [-0.25, -0.2) is 0 Å². The molecule has 5 heteroatoms. The first-order chi connectivity index (χ1) is 5.91. The van der Waals surface area contributed by atoms with E-state index in [0.29, 0.717) is 6.61 Å². The van der Waals surface area contributed by atoms with Crippen molar-refractivity contribution < 1.29 is 14.4 Å². The summed E-state index contributed by atoms with van der Waals surface area (Å²) < 4.78 is 10.6. The lowest BCUT2D eigenvalue weighted by atomic mass is 10.3. The van der Waals surface area contributed by atoms with Crippen LogP contribution in [-0.2, 0) is 9.47 Å². The lowest BCUT2D eigenvalue weighted by Gasteiger charge is -2.15. The van der Waals surface area contributed by atoms with Crippen molar-refractivity contribution in [3.8, 4) is 0 Å². The topological polar surface area (TPSA) is 61.6 Å². The van der Waals surface area contributed by atoms with E-state index in [1.54, 1.807) is 13.8 Å². The molecule has 1 atom stereocenters. The van der Waals surface area contributed by atoms with Gasteiger partial charge in [-0.1, -0.05) is 0 Å². The van der Waals surface area contributed by atoms with Crippen molar-refractivity contribution in [2.45, 2.75) is 32.7 Å². The Morgan fingerprint density at radius 3 is 2.69 bits per heavy atom. The normalized spacial score (nSPS) is 27.6. The molecule has 0 bridgehead atoms. The molecular weight excluding hydrogens is 174 g/mol. The van der Waals surface area contributed by atoms with Crippen molar-refractivity contribution in [3.05, 3.63) is 21.9 Å². The maximum absolute atomic E-state index is 10.3. The molecule has 0 aliphatic carbocycles. The van der Waals surface area contributed by atoms with E-state index >= 15 is 0 Å². The fourth-order valence-electron chi connectivity index (χ4n) is 1.13. The van der Waals surface area contributed by atoms with E-state index in [1.807, 2.05) is 0 Å². The first-order valence-corrected chi connectivity index (χ1v) is 4.05. The Bertz CT molecular complexity index is 247. The second-order valence-corrected chi connectivity index (χ2v) is 3.43. The molecule has 0 spiro atoms. The molecule has 0 saturated carbocycles. The van der Waals surface area contributed by atoms with Crippen LogP contribution < -0.4 is 0 Å². The Balaban J connectivity index is 2.58. The zero-order chi connectivity index (χ0) is 10.1. The van der Waals surface area contributed by atoms with Gasteiger partial charge in [0.2, 0.25) is 5.70 Å². The van der Waals surface area contributed by atoms with Crippen LogP contribution in [0.1, 0.15) is 20.8 Å². The van der Waals surface area contributed by atoms with Gasteiger partial charge in [-0.05, 0) is 13.8 Å². The highest BCUT2D eigenvalue weighted by Crippen LogP contribution is 2.23. The molecule has 5 nitrogen and oxygen atoms in total. The Morgan fingerprint density at radius 1 is 1.69 bits per heavy atom. The van der Waals surface area contributed by atoms with Crippen LogP contribution in [0.15, 0.2) is 11.8 Å². The summed E-state index contributed by atoms with van der Waals surface area (Å²) in [4.78, 5) is 9.85. The highest BCUT2D eigenvalue weighted by Gasteiger charge is 2.32. The highest BCUT2D eigenvalue weighted by atomic mass is 16.7. The predicted molar refractivity (Wildman–Crippen MR) is 45.7 cm³/mol. The Labute approximate surface area is 76.5 Å². The molecule has 0 radical (unpaired) electrons. The fourth-order valence-corrected chi connectivity index (χ4v) is 1.13. The number of allylic oxidation sites excluding steroid dienone is 1. The molecule has 0 aromatic carbocycles. The average molecular weight is 187 g/mol. The van der Waals surface area contributed by atoms with Gasteiger partial charge in [-0.15, -0.1) is 0 Å². The van der Waals surface area contributed by atoms with E-state index in [9.17, 15) is 10.1 Å². The van der Waals surface area contributed by atoms with Gasteiger partial charge < -0.3 is 9.47 Å². The SMILES string of the molecule is C/C(=C\[C@H]1COC(C)(C)O1)[N+](=O)[O-]. The van der Waals surface area contributed by atoms with Crippen molar-refractivity contribution in [1.82, 2.24) is 0 Å². The van der Waals surface area contributed by atoms with E-state index in [2.05, 4.69) is 0 Å². The smallest absolute Gasteiger partial charge is 0.241 e. The maximum atomic E-state index is 10.3. The van der Waals surface area contributed by atoms with Gasteiger partial charge in [0.25, 0.3) is 0 Å². The van der Waals surface area contributed by atoms with E-state index in [0.717, 1.165) is 0 Å².